The number of nitrogens with one attached hydrogen (secondary N) is 1. The SMILES string of the molecule is COc1ccc(CC(NCCCCCCO)(c2ccccc2)c2ccccc2)cc1. The molecule has 0 bridgehead atoms. The molecule has 158 valence electrons. The van der Waals surface area contributed by atoms with Crippen LogP contribution < -0.4 is 10.1 Å². The van der Waals surface area contributed by atoms with Crippen molar-refractivity contribution in [3.8, 4) is 5.75 Å². The quantitative estimate of drug-likeness (QED) is 0.402. The Morgan fingerprint density at radius 2 is 1.30 bits per heavy atom. The topological polar surface area (TPSA) is 41.5 Å². The summed E-state index contributed by atoms with van der Waals surface area (Å²) < 4.78 is 5.35. The highest BCUT2D eigenvalue weighted by atomic mass is 16.5. The summed E-state index contributed by atoms with van der Waals surface area (Å²) in [6.45, 7) is 1.20. The van der Waals surface area contributed by atoms with Crippen molar-refractivity contribution in [3.05, 3.63) is 102 Å². The van der Waals surface area contributed by atoms with Crippen molar-refractivity contribution in [1.29, 1.82) is 0 Å². The highest BCUT2D eigenvalue weighted by Gasteiger charge is 2.33. The smallest absolute Gasteiger partial charge is 0.118 e. The number of methoxy groups -OCH3 is 1. The second kappa shape index (κ2) is 11.5. The second-order valence-electron chi connectivity index (χ2n) is 7.73. The minimum absolute atomic E-state index is 0.281. The number of hydrogen-bond donors (Lipinski definition) is 2. The Balaban J connectivity index is 1.93. The van der Waals surface area contributed by atoms with E-state index in [-0.39, 0.29) is 12.1 Å². The summed E-state index contributed by atoms with van der Waals surface area (Å²) in [5.41, 5.74) is 3.48. The van der Waals surface area contributed by atoms with Crippen LogP contribution in [0, 0.1) is 0 Å². The van der Waals surface area contributed by atoms with Gasteiger partial charge in [0, 0.05) is 6.61 Å². The predicted molar refractivity (Wildman–Crippen MR) is 124 cm³/mol. The maximum absolute atomic E-state index is 9.03. The molecule has 0 aromatic heterocycles. The Bertz CT molecular complexity index is 808. The molecule has 0 fully saturated rings. The highest BCUT2D eigenvalue weighted by molar-refractivity contribution is 5.41. The highest BCUT2D eigenvalue weighted by Crippen LogP contribution is 2.34. The molecule has 0 spiro atoms. The van der Waals surface area contributed by atoms with E-state index in [4.69, 9.17) is 9.84 Å². The lowest BCUT2D eigenvalue weighted by molar-refractivity contribution is 0.281. The summed E-state index contributed by atoms with van der Waals surface area (Å²) in [5.74, 6) is 0.876. The van der Waals surface area contributed by atoms with Crippen molar-refractivity contribution in [3.63, 3.8) is 0 Å². The van der Waals surface area contributed by atoms with Gasteiger partial charge in [0.25, 0.3) is 0 Å². The Kier molecular flexibility index (Phi) is 8.49. The fourth-order valence-electron chi connectivity index (χ4n) is 4.02. The standard InChI is InChI=1S/C27H33NO2/c1-30-26-18-16-23(17-19-26)22-27(24-12-6-4-7-13-24,25-14-8-5-9-15-25)28-20-10-2-3-11-21-29/h4-9,12-19,28-29H,2-3,10-11,20-22H2,1H3. The van der Waals surface area contributed by atoms with E-state index in [9.17, 15) is 0 Å². The molecule has 3 nitrogen and oxygen atoms in total. The molecule has 0 saturated heterocycles. The monoisotopic (exact) mass is 403 g/mol. The van der Waals surface area contributed by atoms with Crippen LogP contribution in [0.15, 0.2) is 84.9 Å². The molecule has 3 rings (SSSR count). The summed E-state index contributed by atoms with van der Waals surface area (Å²) in [5, 5.41) is 13.0. The second-order valence-corrected chi connectivity index (χ2v) is 7.73. The molecule has 0 saturated carbocycles. The van der Waals surface area contributed by atoms with Gasteiger partial charge in [-0.05, 0) is 54.6 Å². The minimum atomic E-state index is -0.311. The average Bonchev–Trinajstić information content (AvgIpc) is 2.82. The molecule has 0 aliphatic heterocycles. The number of ether oxygens (including phenoxy) is 1. The number of rotatable bonds is 12. The van der Waals surface area contributed by atoms with Gasteiger partial charge >= 0.3 is 0 Å². The lowest BCUT2D eigenvalue weighted by Crippen LogP contribution is -2.46. The number of hydrogen-bond acceptors (Lipinski definition) is 3. The third-order valence-corrected chi connectivity index (χ3v) is 5.67. The fraction of sp³-hybridized carbons (Fsp3) is 0.333. The van der Waals surface area contributed by atoms with Crippen LogP contribution in [0.4, 0.5) is 0 Å². The summed E-state index contributed by atoms with van der Waals surface area (Å²) in [7, 11) is 1.70. The number of aliphatic hydroxyl groups is 1. The van der Waals surface area contributed by atoms with E-state index in [1.165, 1.54) is 16.7 Å². The lowest BCUT2D eigenvalue weighted by Gasteiger charge is -2.37. The molecular weight excluding hydrogens is 370 g/mol. The van der Waals surface area contributed by atoms with E-state index in [1.807, 2.05) is 12.1 Å². The molecule has 0 aliphatic rings. The maximum atomic E-state index is 9.03. The van der Waals surface area contributed by atoms with E-state index >= 15 is 0 Å². The maximum Gasteiger partial charge on any atom is 0.118 e. The van der Waals surface area contributed by atoms with Crippen LogP contribution in [0.2, 0.25) is 0 Å². The van der Waals surface area contributed by atoms with Gasteiger partial charge in [-0.1, -0.05) is 85.6 Å². The van der Waals surface area contributed by atoms with Crippen LogP contribution in [0.5, 0.6) is 5.75 Å². The van der Waals surface area contributed by atoms with E-state index in [0.717, 1.165) is 44.4 Å². The fourth-order valence-corrected chi connectivity index (χ4v) is 4.02. The van der Waals surface area contributed by atoms with Crippen LogP contribution in [0.25, 0.3) is 0 Å². The largest absolute Gasteiger partial charge is 0.497 e. The molecule has 0 unspecified atom stereocenters. The van der Waals surface area contributed by atoms with Gasteiger partial charge in [-0.25, -0.2) is 0 Å². The summed E-state index contributed by atoms with van der Waals surface area (Å²) >= 11 is 0. The Morgan fingerprint density at radius 3 is 1.83 bits per heavy atom. The summed E-state index contributed by atoms with van der Waals surface area (Å²) in [6.07, 6.45) is 5.01. The molecule has 3 heteroatoms. The molecule has 0 aliphatic carbocycles. The van der Waals surface area contributed by atoms with Gasteiger partial charge < -0.3 is 15.2 Å². The third-order valence-electron chi connectivity index (χ3n) is 5.67. The lowest BCUT2D eigenvalue weighted by atomic mass is 9.78. The zero-order chi connectivity index (χ0) is 21.1. The van der Waals surface area contributed by atoms with Crippen LogP contribution in [-0.4, -0.2) is 25.4 Å². The van der Waals surface area contributed by atoms with Crippen LogP contribution >= 0.6 is 0 Å². The average molecular weight is 404 g/mol. The molecule has 0 atom stereocenters. The molecule has 0 amide bonds. The first-order valence-electron chi connectivity index (χ1n) is 10.9. The number of aliphatic hydroxyl groups excluding tert-OH is 1. The van der Waals surface area contributed by atoms with Gasteiger partial charge in [0.2, 0.25) is 0 Å². The minimum Gasteiger partial charge on any atom is -0.497 e. The Hall–Kier alpha value is -2.62. The zero-order valence-electron chi connectivity index (χ0n) is 17.9. The normalized spacial score (nSPS) is 11.4. The third kappa shape index (κ3) is 5.71. The molecule has 30 heavy (non-hydrogen) atoms. The van der Waals surface area contributed by atoms with E-state index in [1.54, 1.807) is 7.11 Å². The molecule has 0 radical (unpaired) electrons. The molecular formula is C27H33NO2. The molecule has 0 heterocycles. The van der Waals surface area contributed by atoms with Crippen molar-refractivity contribution in [2.75, 3.05) is 20.3 Å². The van der Waals surface area contributed by atoms with E-state index in [0.29, 0.717) is 0 Å². The first kappa shape index (κ1) is 22.1. The first-order valence-corrected chi connectivity index (χ1v) is 10.9. The van der Waals surface area contributed by atoms with Crippen molar-refractivity contribution < 1.29 is 9.84 Å². The van der Waals surface area contributed by atoms with Crippen molar-refractivity contribution in [2.45, 2.75) is 37.6 Å². The van der Waals surface area contributed by atoms with Crippen molar-refractivity contribution in [2.24, 2.45) is 0 Å². The summed E-state index contributed by atoms with van der Waals surface area (Å²) in [4.78, 5) is 0. The van der Waals surface area contributed by atoms with E-state index < -0.39 is 0 Å². The van der Waals surface area contributed by atoms with Crippen LogP contribution in [0.3, 0.4) is 0 Å². The van der Waals surface area contributed by atoms with Crippen molar-refractivity contribution >= 4 is 0 Å². The first-order chi connectivity index (χ1) is 14.8. The van der Waals surface area contributed by atoms with E-state index in [2.05, 4.69) is 78.1 Å². The van der Waals surface area contributed by atoms with Crippen LogP contribution in [-0.2, 0) is 12.0 Å². The Labute approximate surface area is 180 Å². The van der Waals surface area contributed by atoms with Gasteiger partial charge in [-0.2, -0.15) is 0 Å². The van der Waals surface area contributed by atoms with Gasteiger partial charge in [0.1, 0.15) is 5.75 Å². The summed E-state index contributed by atoms with van der Waals surface area (Å²) in [6, 6.07) is 29.8. The van der Waals surface area contributed by atoms with Gasteiger partial charge in [-0.15, -0.1) is 0 Å². The zero-order valence-corrected chi connectivity index (χ0v) is 17.9. The molecule has 2 N–H and O–H groups in total. The Morgan fingerprint density at radius 1 is 0.733 bits per heavy atom. The van der Waals surface area contributed by atoms with Crippen molar-refractivity contribution in [1.82, 2.24) is 5.32 Å². The van der Waals surface area contributed by atoms with Gasteiger partial charge in [0.05, 0.1) is 12.6 Å². The van der Waals surface area contributed by atoms with Crippen LogP contribution in [0.1, 0.15) is 42.4 Å². The molecule has 3 aromatic rings. The molecule has 3 aromatic carbocycles. The van der Waals surface area contributed by atoms with Gasteiger partial charge in [-0.3, -0.25) is 0 Å². The number of benzene rings is 3. The predicted octanol–water partition coefficient (Wildman–Crippen LogP) is 5.32. The number of unbranched alkanes of at least 4 members (excludes halogenated alkanes) is 3. The van der Waals surface area contributed by atoms with Gasteiger partial charge in [0.15, 0.2) is 0 Å².